The lowest BCUT2D eigenvalue weighted by Gasteiger charge is -2.06. The van der Waals surface area contributed by atoms with Gasteiger partial charge in [0.15, 0.2) is 0 Å². The molecule has 1 aromatic carbocycles. The monoisotopic (exact) mass is 177 g/mol. The zero-order valence-electron chi connectivity index (χ0n) is 5.93. The Morgan fingerprint density at radius 2 is 1.58 bits per heavy atom. The van der Waals surface area contributed by atoms with E-state index in [4.69, 9.17) is 5.90 Å². The number of halogens is 3. The summed E-state index contributed by atoms with van der Waals surface area (Å²) in [6, 6.07) is 4.12. The molecule has 0 aliphatic carbocycles. The van der Waals surface area contributed by atoms with Gasteiger partial charge in [-0.25, -0.2) is 0 Å². The highest BCUT2D eigenvalue weighted by atomic mass is 19.4. The summed E-state index contributed by atoms with van der Waals surface area (Å²) in [7, 11) is 0. The van der Waals surface area contributed by atoms with Gasteiger partial charge in [-0.3, -0.25) is 0 Å². The summed E-state index contributed by atoms with van der Waals surface area (Å²) in [4.78, 5) is 4.21. The second-order valence-corrected chi connectivity index (χ2v) is 2.14. The summed E-state index contributed by atoms with van der Waals surface area (Å²) in [5, 5.41) is 0. The number of rotatable bonds is 1. The molecule has 1 rings (SSSR count). The smallest absolute Gasteiger partial charge is 0.412 e. The topological polar surface area (TPSA) is 35.2 Å². The summed E-state index contributed by atoms with van der Waals surface area (Å²) < 4.78 is 35.9. The fraction of sp³-hybridized carbons (Fsp3) is 0.143. The third kappa shape index (κ3) is 1.88. The second kappa shape index (κ2) is 3.02. The molecule has 0 aromatic heterocycles. The van der Waals surface area contributed by atoms with Crippen molar-refractivity contribution in [3.8, 4) is 5.75 Å². The number of hydrogen-bond donors (Lipinski definition) is 1. The Bertz CT molecular complexity index is 254. The Balaban J connectivity index is 2.93. The Morgan fingerprint density at radius 1 is 1.08 bits per heavy atom. The van der Waals surface area contributed by atoms with Crippen LogP contribution in [0.3, 0.4) is 0 Å². The fourth-order valence-corrected chi connectivity index (χ4v) is 0.722. The van der Waals surface area contributed by atoms with Crippen molar-refractivity contribution in [3.63, 3.8) is 0 Å². The van der Waals surface area contributed by atoms with Crippen LogP contribution in [0.1, 0.15) is 5.56 Å². The van der Waals surface area contributed by atoms with E-state index in [1.54, 1.807) is 0 Å². The van der Waals surface area contributed by atoms with Crippen LogP contribution in [0.2, 0.25) is 0 Å². The molecule has 0 heterocycles. The van der Waals surface area contributed by atoms with E-state index in [1.165, 1.54) is 0 Å². The van der Waals surface area contributed by atoms with Crippen LogP contribution in [0.4, 0.5) is 13.2 Å². The standard InChI is InChI=1S/C7H6F3NO/c8-7(9,10)5-1-3-6(12-11)4-2-5/h1-4H,11H2. The van der Waals surface area contributed by atoms with Crippen LogP contribution in [-0.4, -0.2) is 0 Å². The summed E-state index contributed by atoms with van der Waals surface area (Å²) in [5.74, 6) is 4.92. The maximum atomic E-state index is 12.0. The number of nitrogens with two attached hydrogens (primary N) is 1. The molecule has 0 spiro atoms. The third-order valence-corrected chi connectivity index (χ3v) is 1.32. The first-order chi connectivity index (χ1) is 5.54. The van der Waals surface area contributed by atoms with Gasteiger partial charge in [0.05, 0.1) is 5.56 Å². The van der Waals surface area contributed by atoms with Gasteiger partial charge in [-0.1, -0.05) is 0 Å². The van der Waals surface area contributed by atoms with Gasteiger partial charge in [0.2, 0.25) is 0 Å². The minimum absolute atomic E-state index is 0.197. The Kier molecular flexibility index (Phi) is 2.23. The van der Waals surface area contributed by atoms with Crippen molar-refractivity contribution in [2.75, 3.05) is 0 Å². The van der Waals surface area contributed by atoms with Crippen LogP contribution in [-0.2, 0) is 6.18 Å². The van der Waals surface area contributed by atoms with E-state index in [9.17, 15) is 13.2 Å². The molecule has 0 bridgehead atoms. The van der Waals surface area contributed by atoms with Gasteiger partial charge in [0.25, 0.3) is 0 Å². The maximum absolute atomic E-state index is 12.0. The van der Waals surface area contributed by atoms with Crippen molar-refractivity contribution in [1.82, 2.24) is 0 Å². The molecule has 0 fully saturated rings. The highest BCUT2D eigenvalue weighted by Gasteiger charge is 2.29. The van der Waals surface area contributed by atoms with Crippen LogP contribution < -0.4 is 10.7 Å². The minimum atomic E-state index is -4.31. The predicted octanol–water partition coefficient (Wildman–Crippen LogP) is 1.96. The molecular formula is C7H6F3NO. The largest absolute Gasteiger partial charge is 0.416 e. The molecule has 0 amide bonds. The first-order valence-corrected chi connectivity index (χ1v) is 3.08. The summed E-state index contributed by atoms with van der Waals surface area (Å²) in [6.07, 6.45) is -4.31. The van der Waals surface area contributed by atoms with E-state index in [2.05, 4.69) is 4.84 Å². The van der Waals surface area contributed by atoms with E-state index < -0.39 is 11.7 Å². The van der Waals surface area contributed by atoms with Crippen LogP contribution in [0, 0.1) is 0 Å². The highest BCUT2D eigenvalue weighted by molar-refractivity contribution is 5.28. The van der Waals surface area contributed by atoms with Crippen LogP contribution >= 0.6 is 0 Å². The van der Waals surface area contributed by atoms with Gasteiger partial charge in [0, 0.05) is 0 Å². The highest BCUT2D eigenvalue weighted by Crippen LogP contribution is 2.29. The van der Waals surface area contributed by atoms with E-state index in [0.29, 0.717) is 0 Å². The van der Waals surface area contributed by atoms with Crippen LogP contribution in [0.5, 0.6) is 5.75 Å². The van der Waals surface area contributed by atoms with E-state index >= 15 is 0 Å². The molecule has 0 radical (unpaired) electrons. The Morgan fingerprint density at radius 3 is 1.92 bits per heavy atom. The molecule has 0 saturated carbocycles. The lowest BCUT2D eigenvalue weighted by molar-refractivity contribution is -0.137. The number of benzene rings is 1. The number of alkyl halides is 3. The zero-order valence-corrected chi connectivity index (χ0v) is 5.93. The van der Waals surface area contributed by atoms with Gasteiger partial charge in [-0.05, 0) is 24.3 Å². The molecule has 2 N–H and O–H groups in total. The number of hydrogen-bond acceptors (Lipinski definition) is 2. The van der Waals surface area contributed by atoms with E-state index in [0.717, 1.165) is 24.3 Å². The average Bonchev–Trinajstić information content (AvgIpc) is 2.03. The minimum Gasteiger partial charge on any atom is -0.412 e. The van der Waals surface area contributed by atoms with Crippen LogP contribution in [0.15, 0.2) is 24.3 Å². The van der Waals surface area contributed by atoms with Gasteiger partial charge in [-0.15, -0.1) is 0 Å². The molecule has 5 heteroatoms. The van der Waals surface area contributed by atoms with Crippen LogP contribution in [0.25, 0.3) is 0 Å². The summed E-state index contributed by atoms with van der Waals surface area (Å²) in [6.45, 7) is 0. The summed E-state index contributed by atoms with van der Waals surface area (Å²) >= 11 is 0. The van der Waals surface area contributed by atoms with E-state index in [-0.39, 0.29) is 5.75 Å². The van der Waals surface area contributed by atoms with Crippen molar-refractivity contribution >= 4 is 0 Å². The molecule has 12 heavy (non-hydrogen) atoms. The van der Waals surface area contributed by atoms with Gasteiger partial charge < -0.3 is 4.84 Å². The van der Waals surface area contributed by atoms with Crippen molar-refractivity contribution in [2.24, 2.45) is 5.90 Å². The first-order valence-electron chi connectivity index (χ1n) is 3.08. The first kappa shape index (κ1) is 8.86. The third-order valence-electron chi connectivity index (χ3n) is 1.32. The molecule has 2 nitrogen and oxygen atoms in total. The van der Waals surface area contributed by atoms with Gasteiger partial charge >= 0.3 is 6.18 Å². The normalized spacial score (nSPS) is 11.3. The SMILES string of the molecule is NOc1ccc(C(F)(F)F)cc1. The molecular weight excluding hydrogens is 171 g/mol. The second-order valence-electron chi connectivity index (χ2n) is 2.14. The lowest BCUT2D eigenvalue weighted by Crippen LogP contribution is -2.06. The Hall–Kier alpha value is -1.23. The average molecular weight is 177 g/mol. The molecule has 0 atom stereocenters. The predicted molar refractivity (Wildman–Crippen MR) is 36.3 cm³/mol. The van der Waals surface area contributed by atoms with Crippen molar-refractivity contribution in [3.05, 3.63) is 29.8 Å². The van der Waals surface area contributed by atoms with Gasteiger partial charge in [-0.2, -0.15) is 19.1 Å². The quantitative estimate of drug-likeness (QED) is 0.665. The van der Waals surface area contributed by atoms with E-state index in [1.807, 2.05) is 0 Å². The molecule has 0 aliphatic rings. The fourth-order valence-electron chi connectivity index (χ4n) is 0.722. The molecule has 0 aliphatic heterocycles. The zero-order chi connectivity index (χ0) is 9.19. The molecule has 66 valence electrons. The molecule has 0 unspecified atom stereocenters. The van der Waals surface area contributed by atoms with Crippen molar-refractivity contribution < 1.29 is 18.0 Å². The van der Waals surface area contributed by atoms with Gasteiger partial charge in [0.1, 0.15) is 5.75 Å². The molecule has 0 saturated heterocycles. The Labute approximate surface area is 66.7 Å². The maximum Gasteiger partial charge on any atom is 0.416 e. The summed E-state index contributed by atoms with van der Waals surface area (Å²) in [5.41, 5.74) is -0.719. The molecule has 1 aromatic rings. The van der Waals surface area contributed by atoms with Crippen molar-refractivity contribution in [2.45, 2.75) is 6.18 Å². The van der Waals surface area contributed by atoms with Crippen molar-refractivity contribution in [1.29, 1.82) is 0 Å². The lowest BCUT2D eigenvalue weighted by atomic mass is 10.2.